The summed E-state index contributed by atoms with van der Waals surface area (Å²) < 4.78 is 37.4. The van der Waals surface area contributed by atoms with Gasteiger partial charge in [-0.1, -0.05) is 11.8 Å². The van der Waals surface area contributed by atoms with Crippen molar-refractivity contribution in [1.29, 1.82) is 0 Å². The molecular formula is C19H17F2N3O3S. The van der Waals surface area contributed by atoms with E-state index in [4.69, 9.17) is 9.47 Å². The summed E-state index contributed by atoms with van der Waals surface area (Å²) in [4.78, 5) is 16.8. The van der Waals surface area contributed by atoms with Crippen LogP contribution >= 0.6 is 11.8 Å². The Morgan fingerprint density at radius 2 is 1.93 bits per heavy atom. The quantitative estimate of drug-likeness (QED) is 0.470. The number of methoxy groups -OCH3 is 2. The Morgan fingerprint density at radius 1 is 1.14 bits per heavy atom. The molecule has 2 aromatic carbocycles. The van der Waals surface area contributed by atoms with Crippen molar-refractivity contribution < 1.29 is 23.0 Å². The van der Waals surface area contributed by atoms with Gasteiger partial charge in [0.2, 0.25) is 5.16 Å². The third kappa shape index (κ3) is 4.14. The predicted octanol–water partition coefficient (Wildman–Crippen LogP) is 4.13. The van der Waals surface area contributed by atoms with Crippen molar-refractivity contribution in [2.45, 2.75) is 17.3 Å². The molecular weight excluding hydrogens is 388 g/mol. The minimum atomic E-state index is -0.893. The molecule has 1 unspecified atom stereocenters. The van der Waals surface area contributed by atoms with Crippen molar-refractivity contribution in [2.75, 3.05) is 14.2 Å². The lowest BCUT2D eigenvalue weighted by atomic mass is 10.1. The monoisotopic (exact) mass is 405 g/mol. The molecule has 3 rings (SSSR count). The maximum Gasteiger partial charge on any atom is 0.209 e. The van der Waals surface area contributed by atoms with E-state index in [1.807, 2.05) is 0 Å². The fourth-order valence-electron chi connectivity index (χ4n) is 2.53. The molecule has 3 aromatic rings. The zero-order chi connectivity index (χ0) is 20.3. The van der Waals surface area contributed by atoms with E-state index in [0.29, 0.717) is 34.1 Å². The summed E-state index contributed by atoms with van der Waals surface area (Å²) in [6, 6.07) is 8.12. The summed E-state index contributed by atoms with van der Waals surface area (Å²) in [5, 5.41) is 6.55. The Bertz CT molecular complexity index is 1010. The fraction of sp³-hybridized carbons (Fsp3) is 0.211. The number of thioether (sulfide) groups is 1. The number of carbonyl (C=O) groups excluding carboxylic acids is 1. The van der Waals surface area contributed by atoms with Gasteiger partial charge in [0.15, 0.2) is 11.6 Å². The van der Waals surface area contributed by atoms with Crippen LogP contribution < -0.4 is 9.47 Å². The predicted molar refractivity (Wildman–Crippen MR) is 101 cm³/mol. The summed E-state index contributed by atoms with van der Waals surface area (Å²) in [7, 11) is 3.09. The Balaban J connectivity index is 1.78. The van der Waals surface area contributed by atoms with Gasteiger partial charge in [-0.25, -0.2) is 13.8 Å². The minimum absolute atomic E-state index is 0.172. The molecule has 0 saturated heterocycles. The first kappa shape index (κ1) is 19.8. The lowest BCUT2D eigenvalue weighted by molar-refractivity contribution is 0.0990. The van der Waals surface area contributed by atoms with Gasteiger partial charge in [0.05, 0.1) is 30.6 Å². The summed E-state index contributed by atoms with van der Waals surface area (Å²) >= 11 is 1.07. The molecule has 6 nitrogen and oxygen atoms in total. The molecule has 0 bridgehead atoms. The van der Waals surface area contributed by atoms with Gasteiger partial charge < -0.3 is 9.47 Å². The van der Waals surface area contributed by atoms with Crippen LogP contribution in [0.5, 0.6) is 11.5 Å². The van der Waals surface area contributed by atoms with Crippen LogP contribution in [0.15, 0.2) is 41.6 Å². The van der Waals surface area contributed by atoms with Gasteiger partial charge in [-0.05, 0) is 31.2 Å². The average molecular weight is 405 g/mol. The highest BCUT2D eigenvalue weighted by Gasteiger charge is 2.22. The van der Waals surface area contributed by atoms with E-state index in [9.17, 15) is 13.6 Å². The summed E-state index contributed by atoms with van der Waals surface area (Å²) in [6.45, 7) is 1.61. The van der Waals surface area contributed by atoms with E-state index in [-0.39, 0.29) is 5.56 Å². The molecule has 1 heterocycles. The summed E-state index contributed by atoms with van der Waals surface area (Å²) in [5.74, 6) is -0.470. The second-order valence-electron chi connectivity index (χ2n) is 5.78. The first-order chi connectivity index (χ1) is 13.4. The van der Waals surface area contributed by atoms with E-state index < -0.39 is 22.7 Å². The average Bonchev–Trinajstić information content (AvgIpc) is 3.15. The molecule has 146 valence electrons. The van der Waals surface area contributed by atoms with Crippen LogP contribution in [-0.2, 0) is 0 Å². The van der Waals surface area contributed by atoms with Crippen LogP contribution in [0.2, 0.25) is 0 Å². The lowest BCUT2D eigenvalue weighted by Crippen LogP contribution is -2.15. The third-order valence-corrected chi connectivity index (χ3v) is 4.94. The molecule has 0 aliphatic rings. The first-order valence-corrected chi connectivity index (χ1v) is 9.11. The van der Waals surface area contributed by atoms with Gasteiger partial charge in [0.1, 0.15) is 23.1 Å². The van der Waals surface area contributed by atoms with Crippen LogP contribution in [0.4, 0.5) is 8.78 Å². The molecule has 9 heteroatoms. The van der Waals surface area contributed by atoms with E-state index in [1.54, 1.807) is 32.2 Å². The molecule has 0 spiro atoms. The number of aromatic amines is 1. The van der Waals surface area contributed by atoms with Crippen LogP contribution in [-0.4, -0.2) is 40.4 Å². The van der Waals surface area contributed by atoms with Crippen LogP contribution in [0.1, 0.15) is 17.3 Å². The number of carbonyl (C=O) groups is 1. The molecule has 28 heavy (non-hydrogen) atoms. The first-order valence-electron chi connectivity index (χ1n) is 8.23. The standard InChI is InChI=1S/C19H17F2N3O3S/c1-10(17(25)13-6-4-11(20)8-15(13)21)28-19-22-18(23-24-19)14-7-5-12(26-2)9-16(14)27-3/h4-10H,1-3H3,(H,22,23,24). The number of rotatable bonds is 7. The molecule has 1 aromatic heterocycles. The van der Waals surface area contributed by atoms with E-state index in [2.05, 4.69) is 15.2 Å². The number of halogens is 2. The van der Waals surface area contributed by atoms with Crippen molar-refractivity contribution in [3.05, 3.63) is 53.6 Å². The van der Waals surface area contributed by atoms with Crippen molar-refractivity contribution in [3.63, 3.8) is 0 Å². The number of nitrogens with zero attached hydrogens (tertiary/aromatic N) is 2. The normalized spacial score (nSPS) is 11.9. The highest BCUT2D eigenvalue weighted by atomic mass is 32.2. The molecule has 0 aliphatic carbocycles. The third-order valence-electron chi connectivity index (χ3n) is 3.98. The Kier molecular flexibility index (Phi) is 5.93. The van der Waals surface area contributed by atoms with Gasteiger partial charge in [-0.2, -0.15) is 0 Å². The van der Waals surface area contributed by atoms with E-state index in [1.165, 1.54) is 7.11 Å². The lowest BCUT2D eigenvalue weighted by Gasteiger charge is -2.09. The highest BCUT2D eigenvalue weighted by molar-refractivity contribution is 8.00. The smallest absolute Gasteiger partial charge is 0.209 e. The second kappa shape index (κ2) is 8.39. The number of aromatic nitrogens is 3. The Hall–Kier alpha value is -2.94. The molecule has 0 saturated carbocycles. The molecule has 0 amide bonds. The van der Waals surface area contributed by atoms with Crippen LogP contribution in [0, 0.1) is 11.6 Å². The van der Waals surface area contributed by atoms with Crippen molar-refractivity contribution in [3.8, 4) is 22.9 Å². The zero-order valence-corrected chi connectivity index (χ0v) is 16.1. The van der Waals surface area contributed by atoms with Gasteiger partial charge >= 0.3 is 0 Å². The molecule has 0 radical (unpaired) electrons. The summed E-state index contributed by atoms with van der Waals surface area (Å²) in [6.07, 6.45) is 0. The van der Waals surface area contributed by atoms with Gasteiger partial charge in [-0.15, -0.1) is 5.10 Å². The summed E-state index contributed by atoms with van der Waals surface area (Å²) in [5.41, 5.74) is 0.500. The molecule has 0 aliphatic heterocycles. The zero-order valence-electron chi connectivity index (χ0n) is 15.3. The SMILES string of the molecule is COc1ccc(-c2nc(SC(C)C(=O)c3ccc(F)cc3F)n[nH]2)c(OC)c1. The number of ketones is 1. The Labute approximate surface area is 164 Å². The second-order valence-corrected chi connectivity index (χ2v) is 7.09. The maximum absolute atomic E-state index is 13.8. The molecule has 1 N–H and O–H groups in total. The molecule has 0 fully saturated rings. The van der Waals surface area contributed by atoms with E-state index in [0.717, 1.165) is 23.9 Å². The van der Waals surface area contributed by atoms with Crippen LogP contribution in [0.25, 0.3) is 11.4 Å². The van der Waals surface area contributed by atoms with Gasteiger partial charge in [0.25, 0.3) is 0 Å². The van der Waals surface area contributed by atoms with E-state index >= 15 is 0 Å². The van der Waals surface area contributed by atoms with Crippen molar-refractivity contribution >= 4 is 17.5 Å². The number of hydrogen-bond donors (Lipinski definition) is 1. The van der Waals surface area contributed by atoms with Crippen molar-refractivity contribution in [1.82, 2.24) is 15.2 Å². The largest absolute Gasteiger partial charge is 0.497 e. The van der Waals surface area contributed by atoms with Gasteiger partial charge in [0, 0.05) is 12.1 Å². The fourth-order valence-corrected chi connectivity index (χ4v) is 3.33. The number of benzene rings is 2. The molecule has 1 atom stereocenters. The highest BCUT2D eigenvalue weighted by Crippen LogP contribution is 2.32. The van der Waals surface area contributed by atoms with Gasteiger partial charge in [-0.3, -0.25) is 9.89 Å². The number of Topliss-reactive ketones (excluding diaryl/α,β-unsaturated/α-hetero) is 1. The van der Waals surface area contributed by atoms with Crippen LogP contribution in [0.3, 0.4) is 0 Å². The maximum atomic E-state index is 13.8. The number of H-pyrrole nitrogens is 1. The number of hydrogen-bond acceptors (Lipinski definition) is 6. The number of nitrogens with one attached hydrogen (secondary N) is 1. The number of ether oxygens (including phenoxy) is 2. The minimum Gasteiger partial charge on any atom is -0.497 e. The van der Waals surface area contributed by atoms with Crippen molar-refractivity contribution in [2.24, 2.45) is 0 Å². The topological polar surface area (TPSA) is 77.1 Å². The Morgan fingerprint density at radius 3 is 2.61 bits per heavy atom.